The number of anilines is 1. The van der Waals surface area contributed by atoms with Crippen LogP contribution in [0.15, 0.2) is 42.5 Å². The maximum Gasteiger partial charge on any atom is 0.338 e. The van der Waals surface area contributed by atoms with Crippen molar-refractivity contribution >= 4 is 23.3 Å². The zero-order valence-electron chi connectivity index (χ0n) is 11.6. The number of non-ortho nitro benzene ring substituents is 1. The number of carboxylic acid groups (broad SMARTS) is 1. The molecule has 1 amide bonds. The molecular formula is C15H12N2O5. The molecule has 0 saturated heterocycles. The van der Waals surface area contributed by atoms with E-state index in [1.807, 2.05) is 0 Å². The quantitative estimate of drug-likeness (QED) is 0.666. The Bertz CT molecular complexity index is 770. The second-order valence-electron chi connectivity index (χ2n) is 4.56. The summed E-state index contributed by atoms with van der Waals surface area (Å²) in [5, 5.41) is 22.3. The van der Waals surface area contributed by atoms with Gasteiger partial charge in [0.1, 0.15) is 0 Å². The summed E-state index contributed by atoms with van der Waals surface area (Å²) in [6.07, 6.45) is 0. The average Bonchev–Trinajstić information content (AvgIpc) is 2.47. The molecule has 0 aliphatic rings. The molecule has 0 aliphatic heterocycles. The topological polar surface area (TPSA) is 110 Å². The van der Waals surface area contributed by atoms with Crippen LogP contribution in [0.5, 0.6) is 0 Å². The molecule has 2 rings (SSSR count). The second kappa shape index (κ2) is 6.04. The number of nitro benzene ring substituents is 1. The van der Waals surface area contributed by atoms with Crippen molar-refractivity contribution in [3.63, 3.8) is 0 Å². The van der Waals surface area contributed by atoms with Crippen LogP contribution in [0.4, 0.5) is 11.4 Å². The van der Waals surface area contributed by atoms with Gasteiger partial charge in [0.05, 0.1) is 16.2 Å². The molecular weight excluding hydrogens is 288 g/mol. The van der Waals surface area contributed by atoms with Gasteiger partial charge >= 0.3 is 5.97 Å². The van der Waals surface area contributed by atoms with Gasteiger partial charge < -0.3 is 10.4 Å². The van der Waals surface area contributed by atoms with Crippen LogP contribution in [0.3, 0.4) is 0 Å². The van der Waals surface area contributed by atoms with Crippen LogP contribution in [-0.2, 0) is 0 Å². The summed E-state index contributed by atoms with van der Waals surface area (Å²) >= 11 is 0. The van der Waals surface area contributed by atoms with E-state index in [9.17, 15) is 19.7 Å². The maximum absolute atomic E-state index is 12.2. The first-order valence-electron chi connectivity index (χ1n) is 6.29. The van der Waals surface area contributed by atoms with Crippen LogP contribution >= 0.6 is 0 Å². The van der Waals surface area contributed by atoms with E-state index in [1.54, 1.807) is 31.2 Å². The standard InChI is InChI=1S/C15H12N2O5/c1-9-4-2-3-5-11(9)14(18)16-13-7-6-10(17(21)22)8-12(13)15(19)20/h2-8H,1H3,(H,16,18)(H,19,20). The molecule has 0 heterocycles. The third-order valence-corrected chi connectivity index (χ3v) is 3.08. The molecule has 22 heavy (non-hydrogen) atoms. The van der Waals surface area contributed by atoms with Crippen LogP contribution in [0, 0.1) is 17.0 Å². The number of carbonyl (C=O) groups is 2. The molecule has 0 radical (unpaired) electrons. The monoisotopic (exact) mass is 300 g/mol. The first kappa shape index (κ1) is 15.2. The number of nitro groups is 1. The summed E-state index contributed by atoms with van der Waals surface area (Å²) < 4.78 is 0. The predicted octanol–water partition coefficient (Wildman–Crippen LogP) is 2.85. The first-order valence-corrected chi connectivity index (χ1v) is 6.29. The SMILES string of the molecule is Cc1ccccc1C(=O)Nc1ccc([N+](=O)[O-])cc1C(=O)O. The highest BCUT2D eigenvalue weighted by molar-refractivity contribution is 6.08. The van der Waals surface area contributed by atoms with Gasteiger partial charge in [-0.05, 0) is 24.6 Å². The number of benzene rings is 2. The van der Waals surface area contributed by atoms with Crippen LogP contribution in [0.2, 0.25) is 0 Å². The number of rotatable bonds is 4. The number of carboxylic acids is 1. The zero-order valence-corrected chi connectivity index (χ0v) is 11.6. The summed E-state index contributed by atoms with van der Waals surface area (Å²) in [5.41, 5.74) is 0.449. The minimum atomic E-state index is -1.36. The summed E-state index contributed by atoms with van der Waals surface area (Å²) in [6.45, 7) is 1.75. The number of aryl methyl sites for hydroxylation is 1. The third kappa shape index (κ3) is 3.09. The summed E-state index contributed by atoms with van der Waals surface area (Å²) in [7, 11) is 0. The van der Waals surface area contributed by atoms with Gasteiger partial charge in [-0.15, -0.1) is 0 Å². The lowest BCUT2D eigenvalue weighted by molar-refractivity contribution is -0.384. The van der Waals surface area contributed by atoms with Crippen molar-refractivity contribution in [2.24, 2.45) is 0 Å². The summed E-state index contributed by atoms with van der Waals surface area (Å²) in [4.78, 5) is 33.4. The fraction of sp³-hybridized carbons (Fsp3) is 0.0667. The molecule has 0 atom stereocenters. The van der Waals surface area contributed by atoms with Gasteiger partial charge in [0.25, 0.3) is 11.6 Å². The molecule has 0 saturated carbocycles. The zero-order chi connectivity index (χ0) is 16.3. The lowest BCUT2D eigenvalue weighted by Crippen LogP contribution is -2.16. The highest BCUT2D eigenvalue weighted by Crippen LogP contribution is 2.23. The number of amides is 1. The van der Waals surface area contributed by atoms with Crippen molar-refractivity contribution in [3.05, 3.63) is 69.3 Å². The molecule has 112 valence electrons. The van der Waals surface area contributed by atoms with E-state index in [0.717, 1.165) is 17.7 Å². The fourth-order valence-corrected chi connectivity index (χ4v) is 1.95. The summed E-state index contributed by atoms with van der Waals surface area (Å²) in [5.74, 6) is -1.83. The van der Waals surface area contributed by atoms with Crippen LogP contribution in [0.1, 0.15) is 26.3 Å². The van der Waals surface area contributed by atoms with Crippen molar-refractivity contribution in [3.8, 4) is 0 Å². The number of hydrogen-bond acceptors (Lipinski definition) is 4. The predicted molar refractivity (Wildman–Crippen MR) is 79.2 cm³/mol. The highest BCUT2D eigenvalue weighted by Gasteiger charge is 2.18. The molecule has 2 N–H and O–H groups in total. The Labute approximate surface area is 125 Å². The van der Waals surface area contributed by atoms with Crippen molar-refractivity contribution in [1.82, 2.24) is 0 Å². The van der Waals surface area contributed by atoms with Crippen molar-refractivity contribution < 1.29 is 19.6 Å². The minimum absolute atomic E-state index is 0.00588. The van der Waals surface area contributed by atoms with Crippen molar-refractivity contribution in [1.29, 1.82) is 0 Å². The average molecular weight is 300 g/mol. The second-order valence-corrected chi connectivity index (χ2v) is 4.56. The third-order valence-electron chi connectivity index (χ3n) is 3.08. The Morgan fingerprint density at radius 1 is 1.14 bits per heavy atom. The van der Waals surface area contributed by atoms with E-state index < -0.39 is 16.8 Å². The molecule has 2 aromatic carbocycles. The Hall–Kier alpha value is -3.22. The molecule has 0 bridgehead atoms. The molecule has 0 unspecified atom stereocenters. The van der Waals surface area contributed by atoms with Crippen LogP contribution in [-0.4, -0.2) is 21.9 Å². The van der Waals surface area contributed by atoms with Gasteiger partial charge in [-0.25, -0.2) is 4.79 Å². The van der Waals surface area contributed by atoms with Gasteiger partial charge in [-0.2, -0.15) is 0 Å². The van der Waals surface area contributed by atoms with E-state index in [2.05, 4.69) is 5.32 Å². The fourth-order valence-electron chi connectivity index (χ4n) is 1.95. The first-order chi connectivity index (χ1) is 10.4. The number of hydrogen-bond donors (Lipinski definition) is 2. The molecule has 0 fully saturated rings. The van der Waals surface area contributed by atoms with Crippen LogP contribution < -0.4 is 5.32 Å². The van der Waals surface area contributed by atoms with E-state index in [0.29, 0.717) is 5.56 Å². The van der Waals surface area contributed by atoms with Gasteiger partial charge in [-0.1, -0.05) is 18.2 Å². The van der Waals surface area contributed by atoms with Crippen molar-refractivity contribution in [2.45, 2.75) is 6.92 Å². The Balaban J connectivity index is 2.37. The van der Waals surface area contributed by atoms with Crippen molar-refractivity contribution in [2.75, 3.05) is 5.32 Å². The largest absolute Gasteiger partial charge is 0.478 e. The van der Waals surface area contributed by atoms with E-state index in [4.69, 9.17) is 5.11 Å². The van der Waals surface area contributed by atoms with Crippen LogP contribution in [0.25, 0.3) is 0 Å². The Kier molecular flexibility index (Phi) is 4.17. The van der Waals surface area contributed by atoms with Gasteiger partial charge in [0, 0.05) is 17.7 Å². The van der Waals surface area contributed by atoms with Gasteiger partial charge in [0.2, 0.25) is 0 Å². The molecule has 2 aromatic rings. The lowest BCUT2D eigenvalue weighted by Gasteiger charge is -2.10. The highest BCUT2D eigenvalue weighted by atomic mass is 16.6. The van der Waals surface area contributed by atoms with Gasteiger partial charge in [-0.3, -0.25) is 14.9 Å². The Morgan fingerprint density at radius 2 is 1.82 bits per heavy atom. The molecule has 0 aromatic heterocycles. The minimum Gasteiger partial charge on any atom is -0.478 e. The van der Waals surface area contributed by atoms with E-state index in [-0.39, 0.29) is 16.9 Å². The molecule has 0 spiro atoms. The maximum atomic E-state index is 12.2. The molecule has 0 aliphatic carbocycles. The van der Waals surface area contributed by atoms with E-state index >= 15 is 0 Å². The molecule has 7 heteroatoms. The van der Waals surface area contributed by atoms with E-state index in [1.165, 1.54) is 6.07 Å². The number of nitrogens with zero attached hydrogens (tertiary/aromatic N) is 1. The summed E-state index contributed by atoms with van der Waals surface area (Å²) in [6, 6.07) is 10.1. The smallest absolute Gasteiger partial charge is 0.338 e. The number of carbonyl (C=O) groups excluding carboxylic acids is 1. The number of nitrogens with one attached hydrogen (secondary N) is 1. The van der Waals surface area contributed by atoms with Gasteiger partial charge in [0.15, 0.2) is 0 Å². The number of aromatic carboxylic acids is 1. The molecule has 7 nitrogen and oxygen atoms in total. The Morgan fingerprint density at radius 3 is 2.41 bits per heavy atom. The normalized spacial score (nSPS) is 10.0. The lowest BCUT2D eigenvalue weighted by atomic mass is 10.1.